The van der Waals surface area contributed by atoms with Crippen LogP contribution in [-0.4, -0.2) is 35.4 Å². The lowest BCUT2D eigenvalue weighted by Gasteiger charge is -2.23. The zero-order chi connectivity index (χ0) is 28.8. The molecule has 4 aromatic rings. The Morgan fingerprint density at radius 2 is 1.73 bits per heavy atom. The highest BCUT2D eigenvalue weighted by Gasteiger charge is 2.29. The molecule has 0 saturated heterocycles. The van der Waals surface area contributed by atoms with Crippen LogP contribution in [0.1, 0.15) is 30.3 Å². The zero-order valence-corrected chi connectivity index (χ0v) is 24.0. The van der Waals surface area contributed by atoms with Crippen molar-refractivity contribution in [2.45, 2.75) is 42.0 Å². The molecular formula is C30H32N4O4S2. The number of urea groups is 1. The van der Waals surface area contributed by atoms with Crippen molar-refractivity contribution in [1.29, 1.82) is 0 Å². The quantitative estimate of drug-likeness (QED) is 0.165. The molecule has 4 rings (SSSR count). The van der Waals surface area contributed by atoms with E-state index in [1.807, 2.05) is 78.5 Å². The average Bonchev–Trinajstić information content (AvgIpc) is 3.40. The van der Waals surface area contributed by atoms with E-state index in [9.17, 15) is 18.3 Å². The second-order valence-electron chi connectivity index (χ2n) is 9.18. The monoisotopic (exact) mass is 576 g/mol. The maximum atomic E-state index is 13.2. The molecule has 0 radical (unpaired) electrons. The van der Waals surface area contributed by atoms with Gasteiger partial charge in [0, 0.05) is 24.8 Å². The van der Waals surface area contributed by atoms with Gasteiger partial charge in [-0.15, -0.1) is 11.8 Å². The molecule has 8 nitrogen and oxygen atoms in total. The summed E-state index contributed by atoms with van der Waals surface area (Å²) >= 11 is 1.49. The number of sulfonamides is 1. The molecule has 40 heavy (non-hydrogen) atoms. The molecule has 2 amide bonds. The van der Waals surface area contributed by atoms with E-state index in [1.54, 1.807) is 18.2 Å². The minimum absolute atomic E-state index is 0.00175. The van der Waals surface area contributed by atoms with Crippen LogP contribution in [0.3, 0.4) is 0 Å². The summed E-state index contributed by atoms with van der Waals surface area (Å²) in [4.78, 5) is 17.0. The van der Waals surface area contributed by atoms with Crippen LogP contribution in [0.4, 0.5) is 4.79 Å². The number of benzene rings is 3. The predicted octanol–water partition coefficient (Wildman–Crippen LogP) is 5.29. The number of hydrogen-bond donors (Lipinski definition) is 3. The Kier molecular flexibility index (Phi) is 9.14. The average molecular weight is 577 g/mol. The number of carbonyl (C=O) groups excluding carboxylic acids is 1. The Bertz CT molecular complexity index is 1590. The van der Waals surface area contributed by atoms with E-state index >= 15 is 0 Å². The van der Waals surface area contributed by atoms with E-state index in [0.717, 1.165) is 16.2 Å². The standard InChI is InChI=1S/C30H32N4O4S2/c1-4-30(36,5-2)28-32-27(39-3)21-34(28)20-23-15-17-24(18-16-23)25-13-9-10-14-26(25)40(37,38)33-29(35)31-19-22-11-7-6-8-12-22/h4,6-18,21,36H,1,5,19-20H2,2-3H3,(H2,31,33,35). The van der Waals surface area contributed by atoms with Gasteiger partial charge in [0.2, 0.25) is 0 Å². The maximum absolute atomic E-state index is 13.2. The van der Waals surface area contributed by atoms with Crippen molar-refractivity contribution >= 4 is 27.8 Å². The first kappa shape index (κ1) is 29.1. The first-order valence-electron chi connectivity index (χ1n) is 12.7. The number of aromatic nitrogens is 2. The van der Waals surface area contributed by atoms with Gasteiger partial charge in [-0.25, -0.2) is 22.9 Å². The van der Waals surface area contributed by atoms with Crippen molar-refractivity contribution in [3.63, 3.8) is 0 Å². The maximum Gasteiger partial charge on any atom is 0.328 e. The molecule has 3 N–H and O–H groups in total. The van der Waals surface area contributed by atoms with Crippen LogP contribution in [0, 0.1) is 0 Å². The van der Waals surface area contributed by atoms with Gasteiger partial charge in [0.15, 0.2) is 0 Å². The zero-order valence-electron chi connectivity index (χ0n) is 22.4. The van der Waals surface area contributed by atoms with Gasteiger partial charge in [-0.05, 0) is 35.4 Å². The lowest BCUT2D eigenvalue weighted by molar-refractivity contribution is 0.0720. The van der Waals surface area contributed by atoms with Crippen LogP contribution in [0.2, 0.25) is 0 Å². The summed E-state index contributed by atoms with van der Waals surface area (Å²) in [6.07, 6.45) is 5.77. The van der Waals surface area contributed by atoms with Gasteiger partial charge in [0.25, 0.3) is 10.0 Å². The molecule has 0 saturated carbocycles. The normalized spacial score (nSPS) is 12.9. The molecule has 1 aromatic heterocycles. The molecule has 1 unspecified atom stereocenters. The molecule has 0 aliphatic heterocycles. The van der Waals surface area contributed by atoms with Crippen molar-refractivity contribution in [3.8, 4) is 11.1 Å². The van der Waals surface area contributed by atoms with Crippen LogP contribution in [-0.2, 0) is 28.7 Å². The van der Waals surface area contributed by atoms with E-state index in [0.29, 0.717) is 29.9 Å². The lowest BCUT2D eigenvalue weighted by atomic mass is 10.00. The van der Waals surface area contributed by atoms with Crippen molar-refractivity contribution in [1.82, 2.24) is 19.6 Å². The molecule has 1 heterocycles. The summed E-state index contributed by atoms with van der Waals surface area (Å²) in [7, 11) is -4.14. The van der Waals surface area contributed by atoms with E-state index in [4.69, 9.17) is 0 Å². The number of rotatable bonds is 11. The second-order valence-corrected chi connectivity index (χ2v) is 11.7. The SMILES string of the molecule is C=CC(O)(CC)c1nc(SC)cn1Cc1ccc(-c2ccccc2S(=O)(=O)NC(=O)NCc2ccccc2)cc1. The summed E-state index contributed by atoms with van der Waals surface area (Å²) in [6, 6.07) is 22.4. The molecule has 208 valence electrons. The molecule has 0 spiro atoms. The summed E-state index contributed by atoms with van der Waals surface area (Å²) < 4.78 is 30.3. The van der Waals surface area contributed by atoms with E-state index in [2.05, 4.69) is 21.6 Å². The molecule has 1 atom stereocenters. The van der Waals surface area contributed by atoms with E-state index in [1.165, 1.54) is 23.9 Å². The highest BCUT2D eigenvalue weighted by atomic mass is 32.2. The minimum Gasteiger partial charge on any atom is -0.378 e. The summed E-state index contributed by atoms with van der Waals surface area (Å²) in [5.41, 5.74) is 1.70. The molecule has 0 bridgehead atoms. The first-order valence-corrected chi connectivity index (χ1v) is 15.4. The van der Waals surface area contributed by atoms with Crippen molar-refractivity contribution in [2.24, 2.45) is 0 Å². The largest absolute Gasteiger partial charge is 0.378 e. The van der Waals surface area contributed by atoms with Crippen molar-refractivity contribution in [3.05, 3.63) is 115 Å². The Balaban J connectivity index is 1.54. The van der Waals surface area contributed by atoms with E-state index < -0.39 is 21.7 Å². The number of nitrogens with zero attached hydrogens (tertiary/aromatic N) is 2. The fourth-order valence-electron chi connectivity index (χ4n) is 4.27. The van der Waals surface area contributed by atoms with Gasteiger partial charge in [0.1, 0.15) is 16.5 Å². The third kappa shape index (κ3) is 6.64. The number of amides is 2. The molecule has 0 aliphatic rings. The highest BCUT2D eigenvalue weighted by molar-refractivity contribution is 7.98. The number of nitrogens with one attached hydrogen (secondary N) is 2. The van der Waals surface area contributed by atoms with Crippen molar-refractivity contribution < 1.29 is 18.3 Å². The Morgan fingerprint density at radius 1 is 1.05 bits per heavy atom. The summed E-state index contributed by atoms with van der Waals surface area (Å²) in [6.45, 7) is 6.33. The third-order valence-electron chi connectivity index (χ3n) is 6.54. The Hall–Kier alpha value is -3.86. The topological polar surface area (TPSA) is 113 Å². The van der Waals surface area contributed by atoms with Crippen LogP contribution in [0.15, 0.2) is 108 Å². The lowest BCUT2D eigenvalue weighted by Crippen LogP contribution is -2.39. The van der Waals surface area contributed by atoms with Gasteiger partial charge in [-0.2, -0.15) is 0 Å². The van der Waals surface area contributed by atoms with Crippen LogP contribution < -0.4 is 10.0 Å². The van der Waals surface area contributed by atoms with E-state index in [-0.39, 0.29) is 11.4 Å². The number of thioether (sulfide) groups is 1. The third-order valence-corrected chi connectivity index (χ3v) is 8.55. The van der Waals surface area contributed by atoms with Gasteiger partial charge in [0.05, 0.1) is 4.90 Å². The Morgan fingerprint density at radius 3 is 2.38 bits per heavy atom. The molecular weight excluding hydrogens is 544 g/mol. The molecule has 10 heteroatoms. The van der Waals surface area contributed by atoms with Gasteiger partial charge >= 0.3 is 6.03 Å². The van der Waals surface area contributed by atoms with Gasteiger partial charge in [-0.3, -0.25) is 0 Å². The number of aliphatic hydroxyl groups is 1. The number of hydrogen-bond acceptors (Lipinski definition) is 6. The van der Waals surface area contributed by atoms with Crippen molar-refractivity contribution in [2.75, 3.05) is 6.26 Å². The number of carbonyl (C=O) groups is 1. The van der Waals surface area contributed by atoms with Gasteiger partial charge < -0.3 is 15.0 Å². The van der Waals surface area contributed by atoms with Crippen LogP contribution in [0.5, 0.6) is 0 Å². The smallest absolute Gasteiger partial charge is 0.328 e. The molecule has 3 aromatic carbocycles. The molecule has 0 fully saturated rings. The predicted molar refractivity (Wildman–Crippen MR) is 158 cm³/mol. The first-order chi connectivity index (χ1) is 19.2. The summed E-state index contributed by atoms with van der Waals surface area (Å²) in [5, 5.41) is 14.4. The summed E-state index contributed by atoms with van der Waals surface area (Å²) in [5.74, 6) is 0.520. The highest BCUT2D eigenvalue weighted by Crippen LogP contribution is 2.30. The number of imidazole rings is 1. The van der Waals surface area contributed by atoms with Crippen LogP contribution in [0.25, 0.3) is 11.1 Å². The van der Waals surface area contributed by atoms with Gasteiger partial charge in [-0.1, -0.05) is 92.4 Å². The van der Waals surface area contributed by atoms with Crippen LogP contribution >= 0.6 is 11.8 Å². The minimum atomic E-state index is -4.14. The molecule has 0 aliphatic carbocycles. The fourth-order valence-corrected chi connectivity index (χ4v) is 5.84. The Labute approximate surface area is 239 Å². The fraction of sp³-hybridized carbons (Fsp3) is 0.200. The second kappa shape index (κ2) is 12.5.